The number of hydrogen-bond donors (Lipinski definition) is 0. The van der Waals surface area contributed by atoms with E-state index in [1.54, 1.807) is 0 Å². The summed E-state index contributed by atoms with van der Waals surface area (Å²) in [5.74, 6) is 0. The van der Waals surface area contributed by atoms with Crippen LogP contribution >= 0.6 is 0 Å². The number of unbranched alkanes of at least 4 members (excludes halogenated alkanes) is 3. The van der Waals surface area contributed by atoms with Crippen LogP contribution in [0.15, 0.2) is 29.3 Å². The molecule has 1 aromatic carbocycles. The smallest absolute Gasteiger partial charge is 0.0998 e. The lowest BCUT2D eigenvalue weighted by Gasteiger charge is -1.97. The van der Waals surface area contributed by atoms with E-state index < -0.39 is 0 Å². The molecule has 0 aliphatic carbocycles. The van der Waals surface area contributed by atoms with Gasteiger partial charge in [0.2, 0.25) is 0 Å². The van der Waals surface area contributed by atoms with Crippen molar-refractivity contribution < 1.29 is 0 Å². The van der Waals surface area contributed by atoms with E-state index in [1.165, 1.54) is 19.3 Å². The minimum Gasteiger partial charge on any atom is -0.293 e. The molecule has 0 aliphatic rings. The van der Waals surface area contributed by atoms with Gasteiger partial charge in [0.15, 0.2) is 0 Å². The van der Waals surface area contributed by atoms with Crippen LogP contribution in [0.2, 0.25) is 0 Å². The second-order valence-electron chi connectivity index (χ2n) is 3.79. The maximum absolute atomic E-state index is 8.88. The molecule has 0 radical (unpaired) electrons. The molecular formula is C14H18N2. The van der Waals surface area contributed by atoms with Crippen LogP contribution in [0.1, 0.15) is 43.7 Å². The molecule has 2 nitrogen and oxygen atoms in total. The molecule has 0 bridgehead atoms. The van der Waals surface area contributed by atoms with Gasteiger partial charge in [-0.3, -0.25) is 4.99 Å². The van der Waals surface area contributed by atoms with E-state index >= 15 is 0 Å². The van der Waals surface area contributed by atoms with E-state index in [-0.39, 0.29) is 0 Å². The molecule has 0 saturated heterocycles. The largest absolute Gasteiger partial charge is 0.293 e. The monoisotopic (exact) mass is 214 g/mol. The summed E-state index contributed by atoms with van der Waals surface area (Å²) in [5, 5.41) is 8.88. The Labute approximate surface area is 97.6 Å². The summed E-state index contributed by atoms with van der Waals surface area (Å²) in [6.45, 7) is 3.06. The predicted octanol–water partition coefficient (Wildman–Crippen LogP) is 3.56. The first-order chi connectivity index (χ1) is 7.88. The van der Waals surface area contributed by atoms with Crippen molar-refractivity contribution in [3.8, 4) is 6.07 Å². The fraction of sp³-hybridized carbons (Fsp3) is 0.429. The molecule has 0 aliphatic heterocycles. The Kier molecular flexibility index (Phi) is 5.95. The predicted molar refractivity (Wildman–Crippen MR) is 67.8 cm³/mol. The lowest BCUT2D eigenvalue weighted by molar-refractivity contribution is 0.676. The highest BCUT2D eigenvalue weighted by atomic mass is 14.7. The second-order valence-corrected chi connectivity index (χ2v) is 3.79. The van der Waals surface area contributed by atoms with Crippen molar-refractivity contribution in [3.05, 3.63) is 35.4 Å². The molecule has 0 saturated carbocycles. The first-order valence-corrected chi connectivity index (χ1v) is 5.87. The molecule has 2 heteroatoms. The topological polar surface area (TPSA) is 36.1 Å². The van der Waals surface area contributed by atoms with Crippen molar-refractivity contribution in [1.29, 1.82) is 5.26 Å². The summed E-state index contributed by atoms with van der Waals surface area (Å²) in [4.78, 5) is 4.35. The summed E-state index contributed by atoms with van der Waals surface area (Å²) in [5.41, 5.74) is 1.61. The van der Waals surface area contributed by atoms with Crippen LogP contribution < -0.4 is 0 Å². The lowest BCUT2D eigenvalue weighted by atomic mass is 10.1. The van der Waals surface area contributed by atoms with Gasteiger partial charge in [0.1, 0.15) is 0 Å². The molecule has 1 rings (SSSR count). The second kappa shape index (κ2) is 7.64. The Bertz CT molecular complexity index is 375. The first-order valence-electron chi connectivity index (χ1n) is 5.87. The average Bonchev–Trinajstić information content (AvgIpc) is 2.34. The molecule has 84 valence electrons. The van der Waals surface area contributed by atoms with E-state index in [1.807, 2.05) is 30.5 Å². The maximum atomic E-state index is 8.88. The fourth-order valence-electron chi connectivity index (χ4n) is 1.50. The standard InChI is InChI=1S/C14H18N2/c1-2-3-4-7-10-16-12-14-9-6-5-8-13(14)11-15/h5-6,8-9,12H,2-4,7,10H2,1H3. The van der Waals surface area contributed by atoms with Crippen molar-refractivity contribution in [2.75, 3.05) is 6.54 Å². The third-order valence-electron chi connectivity index (χ3n) is 2.45. The van der Waals surface area contributed by atoms with Gasteiger partial charge in [0, 0.05) is 18.3 Å². The number of benzene rings is 1. The fourth-order valence-corrected chi connectivity index (χ4v) is 1.50. The zero-order valence-corrected chi connectivity index (χ0v) is 9.82. The average molecular weight is 214 g/mol. The van der Waals surface area contributed by atoms with Crippen LogP contribution in [0, 0.1) is 11.3 Å². The van der Waals surface area contributed by atoms with Crippen molar-refractivity contribution in [2.24, 2.45) is 4.99 Å². The van der Waals surface area contributed by atoms with Crippen LogP contribution in [0.25, 0.3) is 0 Å². The van der Waals surface area contributed by atoms with Crippen molar-refractivity contribution >= 4 is 6.21 Å². The van der Waals surface area contributed by atoms with Gasteiger partial charge in [0.25, 0.3) is 0 Å². The van der Waals surface area contributed by atoms with Gasteiger partial charge in [-0.05, 0) is 12.5 Å². The number of nitriles is 1. The van der Waals surface area contributed by atoms with Gasteiger partial charge < -0.3 is 0 Å². The minimum absolute atomic E-state index is 0.694. The third kappa shape index (κ3) is 4.27. The molecule has 0 atom stereocenters. The Morgan fingerprint density at radius 3 is 2.81 bits per heavy atom. The lowest BCUT2D eigenvalue weighted by Crippen LogP contribution is -1.89. The molecule has 0 aromatic heterocycles. The molecule has 16 heavy (non-hydrogen) atoms. The van der Waals surface area contributed by atoms with Crippen LogP contribution in [-0.4, -0.2) is 12.8 Å². The maximum Gasteiger partial charge on any atom is 0.0998 e. The summed E-state index contributed by atoms with van der Waals surface area (Å²) in [6.07, 6.45) is 6.72. The first kappa shape index (κ1) is 12.4. The molecular weight excluding hydrogens is 196 g/mol. The molecule has 0 N–H and O–H groups in total. The molecule has 0 spiro atoms. The van der Waals surface area contributed by atoms with Crippen LogP contribution in [0.5, 0.6) is 0 Å². The third-order valence-corrected chi connectivity index (χ3v) is 2.45. The number of nitrogens with zero attached hydrogens (tertiary/aromatic N) is 2. The van der Waals surface area contributed by atoms with Gasteiger partial charge in [-0.15, -0.1) is 0 Å². The van der Waals surface area contributed by atoms with Gasteiger partial charge in [-0.2, -0.15) is 5.26 Å². The highest BCUT2D eigenvalue weighted by Gasteiger charge is 1.95. The Morgan fingerprint density at radius 1 is 1.25 bits per heavy atom. The quantitative estimate of drug-likeness (QED) is 0.527. The zero-order valence-electron chi connectivity index (χ0n) is 9.82. The zero-order chi connectivity index (χ0) is 11.6. The number of aliphatic imine (C=N–C) groups is 1. The van der Waals surface area contributed by atoms with Gasteiger partial charge in [-0.25, -0.2) is 0 Å². The highest BCUT2D eigenvalue weighted by Crippen LogP contribution is 2.04. The molecule has 0 fully saturated rings. The van der Waals surface area contributed by atoms with Crippen LogP contribution in [-0.2, 0) is 0 Å². The molecule has 0 amide bonds. The Balaban J connectivity index is 2.41. The van der Waals surface area contributed by atoms with Crippen LogP contribution in [0.3, 0.4) is 0 Å². The van der Waals surface area contributed by atoms with Gasteiger partial charge >= 0.3 is 0 Å². The van der Waals surface area contributed by atoms with Gasteiger partial charge in [0.05, 0.1) is 11.6 Å². The highest BCUT2D eigenvalue weighted by molar-refractivity contribution is 5.83. The van der Waals surface area contributed by atoms with E-state index in [9.17, 15) is 0 Å². The minimum atomic E-state index is 0.694. The number of rotatable bonds is 6. The normalized spacial score (nSPS) is 10.5. The van der Waals surface area contributed by atoms with Gasteiger partial charge in [-0.1, -0.05) is 44.4 Å². The SMILES string of the molecule is CCCCCCN=Cc1ccccc1C#N. The molecule has 1 aromatic rings. The van der Waals surface area contributed by atoms with Crippen molar-refractivity contribution in [2.45, 2.75) is 32.6 Å². The molecule has 0 unspecified atom stereocenters. The van der Waals surface area contributed by atoms with E-state index in [2.05, 4.69) is 18.0 Å². The summed E-state index contributed by atoms with van der Waals surface area (Å²) < 4.78 is 0. The Hall–Kier alpha value is -1.62. The Morgan fingerprint density at radius 2 is 2.06 bits per heavy atom. The summed E-state index contributed by atoms with van der Waals surface area (Å²) in [6, 6.07) is 9.71. The summed E-state index contributed by atoms with van der Waals surface area (Å²) in [7, 11) is 0. The molecule has 0 heterocycles. The van der Waals surface area contributed by atoms with Crippen molar-refractivity contribution in [3.63, 3.8) is 0 Å². The number of hydrogen-bond acceptors (Lipinski definition) is 2. The van der Waals surface area contributed by atoms with E-state index in [4.69, 9.17) is 5.26 Å². The van der Waals surface area contributed by atoms with Crippen molar-refractivity contribution in [1.82, 2.24) is 0 Å². The van der Waals surface area contributed by atoms with E-state index in [0.717, 1.165) is 18.5 Å². The van der Waals surface area contributed by atoms with E-state index in [0.29, 0.717) is 5.56 Å². The van der Waals surface area contributed by atoms with Crippen LogP contribution in [0.4, 0.5) is 0 Å². The summed E-state index contributed by atoms with van der Waals surface area (Å²) >= 11 is 0.